The van der Waals surface area contributed by atoms with Crippen molar-refractivity contribution in [3.63, 3.8) is 0 Å². The summed E-state index contributed by atoms with van der Waals surface area (Å²) in [7, 11) is 1.66. The van der Waals surface area contributed by atoms with Crippen molar-refractivity contribution in [2.75, 3.05) is 43.2 Å². The second-order valence-electron chi connectivity index (χ2n) is 7.42. The predicted molar refractivity (Wildman–Crippen MR) is 106 cm³/mol. The highest BCUT2D eigenvalue weighted by molar-refractivity contribution is 5.67. The van der Waals surface area contributed by atoms with Gasteiger partial charge in [-0.3, -0.25) is 0 Å². The maximum atomic E-state index is 14.9. The van der Waals surface area contributed by atoms with E-state index in [2.05, 4.69) is 11.0 Å². The van der Waals surface area contributed by atoms with Crippen LogP contribution in [0.4, 0.5) is 15.8 Å². The van der Waals surface area contributed by atoms with Crippen LogP contribution in [-0.4, -0.2) is 39.2 Å². The molecule has 28 heavy (non-hydrogen) atoms. The van der Waals surface area contributed by atoms with Crippen molar-refractivity contribution in [2.24, 2.45) is 0 Å². The molecule has 2 saturated heterocycles. The molecule has 3 aliphatic heterocycles. The average molecular weight is 382 g/mol. The second kappa shape index (κ2) is 6.79. The third kappa shape index (κ3) is 3.02. The fourth-order valence-corrected chi connectivity index (χ4v) is 4.21. The van der Waals surface area contributed by atoms with E-state index in [1.54, 1.807) is 13.2 Å². The number of methoxy groups -OCH3 is 1. The molecule has 3 heterocycles. The van der Waals surface area contributed by atoms with Crippen molar-refractivity contribution in [1.82, 2.24) is 0 Å². The zero-order valence-corrected chi connectivity index (χ0v) is 15.9. The molecular weight excluding hydrogens is 359 g/mol. The molecule has 2 aromatic carbocycles. The zero-order chi connectivity index (χ0) is 19.1. The summed E-state index contributed by atoms with van der Waals surface area (Å²) in [5.74, 6) is 0.0678. The van der Waals surface area contributed by atoms with Gasteiger partial charge in [-0.05, 0) is 47.5 Å². The van der Waals surface area contributed by atoms with Gasteiger partial charge in [-0.2, -0.15) is 0 Å². The number of hydrogen-bond donors (Lipinski definition) is 0. The van der Waals surface area contributed by atoms with E-state index in [1.165, 1.54) is 5.56 Å². The smallest absolute Gasteiger partial charge is 0.187 e. The van der Waals surface area contributed by atoms with Crippen molar-refractivity contribution >= 4 is 17.5 Å². The molecule has 0 saturated carbocycles. The van der Waals surface area contributed by atoms with Crippen molar-refractivity contribution in [1.29, 1.82) is 0 Å². The maximum Gasteiger partial charge on any atom is 0.187 e. The standard InChI is InChI=1S/C22H23FN2O3/c1-26-19-4-2-17-14-24(8-6-16(17)12-19)18-3-5-21(20(23)13-18)25-9-7-22(15-25)27-10-11-28-22/h2-6,8,12-13H,7,9-11,14-15H2,1H3. The Morgan fingerprint density at radius 3 is 2.75 bits per heavy atom. The summed E-state index contributed by atoms with van der Waals surface area (Å²) in [5.41, 5.74) is 3.75. The molecule has 0 aliphatic carbocycles. The summed E-state index contributed by atoms with van der Waals surface area (Å²) in [4.78, 5) is 4.06. The second-order valence-corrected chi connectivity index (χ2v) is 7.42. The predicted octanol–water partition coefficient (Wildman–Crippen LogP) is 3.78. The minimum absolute atomic E-state index is 0.221. The maximum absolute atomic E-state index is 14.9. The van der Waals surface area contributed by atoms with Crippen LogP contribution in [0.2, 0.25) is 0 Å². The Morgan fingerprint density at radius 2 is 1.96 bits per heavy atom. The van der Waals surface area contributed by atoms with Crippen molar-refractivity contribution in [2.45, 2.75) is 18.8 Å². The largest absolute Gasteiger partial charge is 0.497 e. The van der Waals surface area contributed by atoms with Crippen LogP contribution in [0.3, 0.4) is 0 Å². The van der Waals surface area contributed by atoms with Crippen LogP contribution in [0.5, 0.6) is 5.75 Å². The van der Waals surface area contributed by atoms with E-state index in [9.17, 15) is 4.39 Å². The fourth-order valence-electron chi connectivity index (χ4n) is 4.21. The normalized spacial score (nSPS) is 20.1. The SMILES string of the molecule is COc1ccc2c(c1)C=CN(c1ccc(N3CCC4(C3)OCCO4)c(F)c1)C2. The minimum atomic E-state index is -0.550. The van der Waals surface area contributed by atoms with Crippen molar-refractivity contribution in [3.05, 3.63) is 59.5 Å². The minimum Gasteiger partial charge on any atom is -0.497 e. The first-order valence-corrected chi connectivity index (χ1v) is 9.60. The van der Waals surface area contributed by atoms with Crippen LogP contribution in [0.25, 0.3) is 6.08 Å². The van der Waals surface area contributed by atoms with Crippen LogP contribution in [0.15, 0.2) is 42.6 Å². The van der Waals surface area contributed by atoms with Gasteiger partial charge in [0, 0.05) is 31.4 Å². The Morgan fingerprint density at radius 1 is 1.11 bits per heavy atom. The quantitative estimate of drug-likeness (QED) is 0.807. The van der Waals surface area contributed by atoms with Gasteiger partial charge in [0.25, 0.3) is 0 Å². The van der Waals surface area contributed by atoms with Gasteiger partial charge in [-0.15, -0.1) is 0 Å². The van der Waals surface area contributed by atoms with Crippen molar-refractivity contribution in [3.8, 4) is 5.75 Å². The van der Waals surface area contributed by atoms with Gasteiger partial charge in [-0.25, -0.2) is 4.39 Å². The van der Waals surface area contributed by atoms with Gasteiger partial charge >= 0.3 is 0 Å². The molecule has 0 radical (unpaired) electrons. The third-order valence-electron chi connectivity index (χ3n) is 5.74. The lowest BCUT2D eigenvalue weighted by Crippen LogP contribution is -2.34. The lowest BCUT2D eigenvalue weighted by molar-refractivity contribution is -0.137. The number of rotatable bonds is 3. The number of ether oxygens (including phenoxy) is 3. The molecule has 0 atom stereocenters. The Labute approximate surface area is 163 Å². The first-order valence-electron chi connectivity index (χ1n) is 9.60. The molecule has 3 aliphatic rings. The van der Waals surface area contributed by atoms with Crippen LogP contribution in [0.1, 0.15) is 17.5 Å². The Hall–Kier alpha value is -2.57. The molecule has 0 aromatic heterocycles. The van der Waals surface area contributed by atoms with Gasteiger partial charge in [0.05, 0.1) is 32.6 Å². The monoisotopic (exact) mass is 382 g/mol. The summed E-state index contributed by atoms with van der Waals surface area (Å²) in [5, 5.41) is 0. The fraction of sp³-hybridized carbons (Fsp3) is 0.364. The summed E-state index contributed by atoms with van der Waals surface area (Å²) in [6.45, 7) is 3.23. The zero-order valence-electron chi connectivity index (χ0n) is 15.9. The average Bonchev–Trinajstić information content (AvgIpc) is 3.37. The molecule has 2 fully saturated rings. The lowest BCUT2D eigenvalue weighted by Gasteiger charge is -2.27. The Kier molecular flexibility index (Phi) is 4.25. The van der Waals surface area contributed by atoms with E-state index in [4.69, 9.17) is 14.2 Å². The molecule has 5 nitrogen and oxygen atoms in total. The Bertz CT molecular complexity index is 924. The van der Waals surface area contributed by atoms with Crippen molar-refractivity contribution < 1.29 is 18.6 Å². The third-order valence-corrected chi connectivity index (χ3v) is 5.74. The lowest BCUT2D eigenvalue weighted by atomic mass is 10.0. The van der Waals surface area contributed by atoms with E-state index >= 15 is 0 Å². The number of fused-ring (bicyclic) bond motifs is 1. The number of nitrogens with zero attached hydrogens (tertiary/aromatic N) is 2. The van der Waals surface area contributed by atoms with Gasteiger partial charge in [0.2, 0.25) is 0 Å². The first kappa shape index (κ1) is 17.5. The molecule has 5 rings (SSSR count). The number of benzene rings is 2. The molecule has 0 bridgehead atoms. The van der Waals surface area contributed by atoms with Crippen LogP contribution in [-0.2, 0) is 16.0 Å². The number of anilines is 2. The molecule has 6 heteroatoms. The molecule has 146 valence electrons. The van der Waals surface area contributed by atoms with Gasteiger partial charge in [0.1, 0.15) is 11.6 Å². The van der Waals surface area contributed by atoms with Crippen LogP contribution >= 0.6 is 0 Å². The van der Waals surface area contributed by atoms with E-state index in [0.29, 0.717) is 32.0 Å². The molecule has 1 spiro atoms. The molecule has 0 N–H and O–H groups in total. The van der Waals surface area contributed by atoms with Gasteiger partial charge < -0.3 is 24.0 Å². The highest BCUT2D eigenvalue weighted by atomic mass is 19.1. The van der Waals surface area contributed by atoms with E-state index in [0.717, 1.165) is 30.0 Å². The van der Waals surface area contributed by atoms with E-state index in [1.807, 2.05) is 41.4 Å². The van der Waals surface area contributed by atoms with Crippen LogP contribution < -0.4 is 14.5 Å². The highest BCUT2D eigenvalue weighted by Crippen LogP contribution is 2.36. The molecule has 2 aromatic rings. The Balaban J connectivity index is 1.34. The highest BCUT2D eigenvalue weighted by Gasteiger charge is 2.43. The topological polar surface area (TPSA) is 34.2 Å². The summed E-state index contributed by atoms with van der Waals surface area (Å²) < 4.78 is 31.7. The number of hydrogen-bond acceptors (Lipinski definition) is 5. The number of halogens is 1. The summed E-state index contributed by atoms with van der Waals surface area (Å²) >= 11 is 0. The van der Waals surface area contributed by atoms with Gasteiger partial charge in [-0.1, -0.05) is 6.07 Å². The van der Waals surface area contributed by atoms with Crippen LogP contribution in [0, 0.1) is 5.82 Å². The summed E-state index contributed by atoms with van der Waals surface area (Å²) in [6, 6.07) is 11.5. The molecule has 0 amide bonds. The van der Waals surface area contributed by atoms with E-state index < -0.39 is 5.79 Å². The van der Waals surface area contributed by atoms with E-state index in [-0.39, 0.29) is 5.82 Å². The molecular formula is C22H23FN2O3. The molecule has 0 unspecified atom stereocenters. The van der Waals surface area contributed by atoms with Gasteiger partial charge in [0.15, 0.2) is 5.79 Å². The first-order chi connectivity index (χ1) is 13.7. The summed E-state index contributed by atoms with van der Waals surface area (Å²) in [6.07, 6.45) is 4.79.